The molecule has 0 aliphatic heterocycles. The van der Waals surface area contributed by atoms with Crippen molar-refractivity contribution in [1.29, 1.82) is 0 Å². The summed E-state index contributed by atoms with van der Waals surface area (Å²) in [5.74, 6) is 1.14. The molecule has 0 unspecified atom stereocenters. The van der Waals surface area contributed by atoms with Crippen molar-refractivity contribution in [2.75, 3.05) is 11.9 Å². The third-order valence-corrected chi connectivity index (χ3v) is 6.08. The van der Waals surface area contributed by atoms with Crippen molar-refractivity contribution < 1.29 is 13.9 Å². The molecule has 0 saturated carbocycles. The lowest BCUT2D eigenvalue weighted by Gasteiger charge is -2.22. The largest absolute Gasteiger partial charge is 0.480 e. The Labute approximate surface area is 183 Å². The molecule has 3 aromatic carbocycles. The molecule has 5 nitrogen and oxygen atoms in total. The van der Waals surface area contributed by atoms with Crippen LogP contribution in [0.25, 0.3) is 32.6 Å². The Morgan fingerprint density at radius 2 is 1.90 bits per heavy atom. The zero-order valence-electron chi connectivity index (χ0n) is 17.1. The SMILES string of the molecule is C[C@H](Oc1cccc2ccccc12)C(=O)N(C)c1ccc2oc(-c3cccs3)nc2c1. The van der Waals surface area contributed by atoms with Gasteiger partial charge in [-0.25, -0.2) is 4.98 Å². The standard InChI is InChI=1S/C25H20N2O3S/c1-16(29-21-10-5-8-17-7-3-4-9-19(17)21)25(28)27(2)18-12-13-22-20(15-18)26-24(30-22)23-11-6-14-31-23/h3-16H,1-2H3/t16-/m0/s1. The van der Waals surface area contributed by atoms with E-state index in [0.29, 0.717) is 22.7 Å². The first-order valence-corrected chi connectivity index (χ1v) is 10.8. The zero-order valence-corrected chi connectivity index (χ0v) is 17.9. The molecule has 31 heavy (non-hydrogen) atoms. The summed E-state index contributed by atoms with van der Waals surface area (Å²) >= 11 is 1.57. The van der Waals surface area contributed by atoms with Crippen LogP contribution in [0.3, 0.4) is 0 Å². The number of nitrogens with zero attached hydrogens (tertiary/aromatic N) is 2. The maximum Gasteiger partial charge on any atom is 0.267 e. The van der Waals surface area contributed by atoms with E-state index in [1.165, 1.54) is 0 Å². The summed E-state index contributed by atoms with van der Waals surface area (Å²) in [6.07, 6.45) is -0.648. The average Bonchev–Trinajstić information content (AvgIpc) is 3.47. The van der Waals surface area contributed by atoms with E-state index in [2.05, 4.69) is 4.98 Å². The second-order valence-corrected chi connectivity index (χ2v) is 8.23. The molecule has 0 fully saturated rings. The smallest absolute Gasteiger partial charge is 0.267 e. The van der Waals surface area contributed by atoms with Gasteiger partial charge in [-0.1, -0.05) is 42.5 Å². The van der Waals surface area contributed by atoms with Gasteiger partial charge in [0.1, 0.15) is 11.3 Å². The van der Waals surface area contributed by atoms with Gasteiger partial charge >= 0.3 is 0 Å². The highest BCUT2D eigenvalue weighted by molar-refractivity contribution is 7.13. The molecule has 0 saturated heterocycles. The number of aromatic nitrogens is 1. The highest BCUT2D eigenvalue weighted by atomic mass is 32.1. The molecule has 6 heteroatoms. The Morgan fingerprint density at radius 3 is 2.74 bits per heavy atom. The number of carbonyl (C=O) groups is 1. The van der Waals surface area contributed by atoms with Gasteiger partial charge in [-0.2, -0.15) is 0 Å². The first-order chi connectivity index (χ1) is 15.1. The normalized spacial score (nSPS) is 12.2. The summed E-state index contributed by atoms with van der Waals surface area (Å²) in [7, 11) is 1.74. The van der Waals surface area contributed by atoms with Crippen molar-refractivity contribution in [1.82, 2.24) is 4.98 Å². The van der Waals surface area contributed by atoms with Gasteiger partial charge in [0.25, 0.3) is 5.91 Å². The number of ether oxygens (including phenoxy) is 1. The summed E-state index contributed by atoms with van der Waals surface area (Å²) in [5.41, 5.74) is 2.13. The predicted octanol–water partition coefficient (Wildman–Crippen LogP) is 6.14. The van der Waals surface area contributed by atoms with Gasteiger partial charge < -0.3 is 14.1 Å². The third-order valence-electron chi connectivity index (χ3n) is 5.22. The van der Waals surface area contributed by atoms with Gasteiger partial charge in [0.05, 0.1) is 4.88 Å². The van der Waals surface area contributed by atoms with Gasteiger partial charge in [0.2, 0.25) is 5.89 Å². The number of likely N-dealkylation sites (N-methyl/N-ethyl adjacent to an activating group) is 1. The number of anilines is 1. The topological polar surface area (TPSA) is 55.6 Å². The monoisotopic (exact) mass is 428 g/mol. The van der Waals surface area contributed by atoms with E-state index in [1.54, 1.807) is 30.2 Å². The van der Waals surface area contributed by atoms with Crippen LogP contribution in [0.4, 0.5) is 5.69 Å². The maximum absolute atomic E-state index is 13.1. The lowest BCUT2D eigenvalue weighted by atomic mass is 10.1. The highest BCUT2D eigenvalue weighted by Gasteiger charge is 2.22. The van der Waals surface area contributed by atoms with Crippen LogP contribution in [0.5, 0.6) is 5.75 Å². The van der Waals surface area contributed by atoms with E-state index in [1.807, 2.05) is 78.2 Å². The van der Waals surface area contributed by atoms with Crippen molar-refractivity contribution in [3.63, 3.8) is 0 Å². The predicted molar refractivity (Wildman–Crippen MR) is 125 cm³/mol. The van der Waals surface area contributed by atoms with E-state index in [-0.39, 0.29) is 5.91 Å². The Hall–Kier alpha value is -3.64. The second-order valence-electron chi connectivity index (χ2n) is 7.28. The quantitative estimate of drug-likeness (QED) is 0.337. The number of carbonyl (C=O) groups excluding carboxylic acids is 1. The molecule has 1 atom stereocenters. The number of benzene rings is 3. The number of hydrogen-bond acceptors (Lipinski definition) is 5. The minimum absolute atomic E-state index is 0.144. The van der Waals surface area contributed by atoms with Gasteiger partial charge in [0, 0.05) is 18.1 Å². The highest BCUT2D eigenvalue weighted by Crippen LogP contribution is 2.30. The van der Waals surface area contributed by atoms with Gasteiger partial charge in [-0.05, 0) is 48.0 Å². The van der Waals surface area contributed by atoms with Crippen LogP contribution in [0, 0.1) is 0 Å². The summed E-state index contributed by atoms with van der Waals surface area (Å²) in [4.78, 5) is 20.2. The van der Waals surface area contributed by atoms with Gasteiger partial charge in [-0.3, -0.25) is 4.79 Å². The van der Waals surface area contributed by atoms with E-state index >= 15 is 0 Å². The minimum atomic E-state index is -0.648. The molecular weight excluding hydrogens is 408 g/mol. The number of rotatable bonds is 5. The molecule has 2 aromatic heterocycles. The molecular formula is C25H20N2O3S. The molecule has 5 rings (SSSR count). The van der Waals surface area contributed by atoms with Crippen LogP contribution in [0.15, 0.2) is 82.6 Å². The van der Waals surface area contributed by atoms with Crippen molar-refractivity contribution in [2.45, 2.75) is 13.0 Å². The first-order valence-electron chi connectivity index (χ1n) is 9.96. The number of fused-ring (bicyclic) bond motifs is 2. The van der Waals surface area contributed by atoms with E-state index in [0.717, 1.165) is 21.3 Å². The third kappa shape index (κ3) is 3.66. The molecule has 5 aromatic rings. The molecule has 0 N–H and O–H groups in total. The number of hydrogen-bond donors (Lipinski definition) is 0. The van der Waals surface area contributed by atoms with Crippen LogP contribution in [0.1, 0.15) is 6.92 Å². The lowest BCUT2D eigenvalue weighted by molar-refractivity contribution is -0.124. The molecule has 0 aliphatic carbocycles. The summed E-state index contributed by atoms with van der Waals surface area (Å²) in [6.45, 7) is 1.77. The minimum Gasteiger partial charge on any atom is -0.480 e. The summed E-state index contributed by atoms with van der Waals surface area (Å²) in [5, 5.41) is 4.04. The van der Waals surface area contributed by atoms with E-state index in [4.69, 9.17) is 9.15 Å². The van der Waals surface area contributed by atoms with Gasteiger partial charge in [0.15, 0.2) is 11.7 Å². The Bertz CT molecular complexity index is 1370. The second kappa shape index (κ2) is 7.89. The Kier molecular flexibility index (Phi) is 4.92. The van der Waals surface area contributed by atoms with Crippen molar-refractivity contribution >= 4 is 44.8 Å². The van der Waals surface area contributed by atoms with Crippen LogP contribution in [-0.2, 0) is 4.79 Å². The maximum atomic E-state index is 13.1. The first kappa shape index (κ1) is 19.3. The summed E-state index contributed by atoms with van der Waals surface area (Å²) in [6, 6.07) is 23.3. The van der Waals surface area contributed by atoms with Crippen molar-refractivity contribution in [2.24, 2.45) is 0 Å². The summed E-state index contributed by atoms with van der Waals surface area (Å²) < 4.78 is 11.9. The fraction of sp³-hybridized carbons (Fsp3) is 0.120. The van der Waals surface area contributed by atoms with Crippen molar-refractivity contribution in [3.8, 4) is 16.5 Å². The molecule has 1 amide bonds. The van der Waals surface area contributed by atoms with Crippen LogP contribution in [-0.4, -0.2) is 24.0 Å². The average molecular weight is 429 g/mol. The lowest BCUT2D eigenvalue weighted by Crippen LogP contribution is -2.38. The molecule has 0 spiro atoms. The molecule has 2 heterocycles. The zero-order chi connectivity index (χ0) is 21.4. The molecule has 0 radical (unpaired) electrons. The van der Waals surface area contributed by atoms with Crippen LogP contribution < -0.4 is 9.64 Å². The fourth-order valence-corrected chi connectivity index (χ4v) is 4.22. The Balaban J connectivity index is 1.38. The number of thiophene rings is 1. The Morgan fingerprint density at radius 1 is 1.06 bits per heavy atom. The van der Waals surface area contributed by atoms with Crippen LogP contribution >= 0.6 is 11.3 Å². The van der Waals surface area contributed by atoms with E-state index in [9.17, 15) is 4.79 Å². The van der Waals surface area contributed by atoms with Gasteiger partial charge in [-0.15, -0.1) is 11.3 Å². The number of amides is 1. The molecule has 154 valence electrons. The fourth-order valence-electron chi connectivity index (χ4n) is 3.57. The molecule has 0 bridgehead atoms. The van der Waals surface area contributed by atoms with Crippen LogP contribution in [0.2, 0.25) is 0 Å². The van der Waals surface area contributed by atoms with E-state index < -0.39 is 6.10 Å². The molecule has 0 aliphatic rings. The number of oxazole rings is 1. The van der Waals surface area contributed by atoms with Crippen molar-refractivity contribution in [3.05, 3.63) is 78.2 Å².